The molecule has 4 heteroatoms. The van der Waals surface area contributed by atoms with Gasteiger partial charge in [0.2, 0.25) is 0 Å². The molecule has 1 N–H and O–H groups in total. The molecule has 0 radical (unpaired) electrons. The highest BCUT2D eigenvalue weighted by molar-refractivity contribution is 6.04. The maximum atomic E-state index is 12.3. The highest BCUT2D eigenvalue weighted by Crippen LogP contribution is 2.21. The van der Waals surface area contributed by atoms with Gasteiger partial charge in [0, 0.05) is 5.56 Å². The van der Waals surface area contributed by atoms with Crippen molar-refractivity contribution < 1.29 is 14.3 Å². The van der Waals surface area contributed by atoms with Gasteiger partial charge in [-0.2, -0.15) is 0 Å². The molecule has 0 aliphatic rings. The number of ether oxygens (including phenoxy) is 1. The van der Waals surface area contributed by atoms with Crippen molar-refractivity contribution in [3.05, 3.63) is 59.2 Å². The van der Waals surface area contributed by atoms with E-state index in [-0.39, 0.29) is 11.7 Å². The first kappa shape index (κ1) is 16.7. The van der Waals surface area contributed by atoms with E-state index in [2.05, 4.69) is 5.32 Å². The third-order valence-corrected chi connectivity index (χ3v) is 3.58. The second-order valence-electron chi connectivity index (χ2n) is 5.62. The number of ketones is 1. The number of hydrogen-bond acceptors (Lipinski definition) is 3. The minimum absolute atomic E-state index is 0.0935. The molecule has 0 aliphatic carbocycles. The van der Waals surface area contributed by atoms with E-state index in [0.717, 1.165) is 11.1 Å². The molecule has 23 heavy (non-hydrogen) atoms. The maximum Gasteiger partial charge on any atom is 0.265 e. The van der Waals surface area contributed by atoms with E-state index in [0.29, 0.717) is 17.0 Å². The smallest absolute Gasteiger partial charge is 0.265 e. The quantitative estimate of drug-likeness (QED) is 0.852. The summed E-state index contributed by atoms with van der Waals surface area (Å²) >= 11 is 0. The van der Waals surface area contributed by atoms with Crippen molar-refractivity contribution in [2.75, 3.05) is 5.32 Å². The van der Waals surface area contributed by atoms with E-state index >= 15 is 0 Å². The lowest BCUT2D eigenvalue weighted by Gasteiger charge is -2.17. The summed E-state index contributed by atoms with van der Waals surface area (Å²) in [5.41, 5.74) is 3.03. The fourth-order valence-electron chi connectivity index (χ4n) is 2.21. The molecule has 2 rings (SSSR count). The van der Waals surface area contributed by atoms with Gasteiger partial charge in [-0.15, -0.1) is 0 Å². The highest BCUT2D eigenvalue weighted by Gasteiger charge is 2.18. The van der Waals surface area contributed by atoms with Crippen LogP contribution >= 0.6 is 0 Å². The Kier molecular flexibility index (Phi) is 5.16. The van der Waals surface area contributed by atoms with Crippen LogP contribution in [0.25, 0.3) is 0 Å². The van der Waals surface area contributed by atoms with Gasteiger partial charge in [-0.3, -0.25) is 9.59 Å². The van der Waals surface area contributed by atoms with Crippen LogP contribution in [0.2, 0.25) is 0 Å². The van der Waals surface area contributed by atoms with Crippen molar-refractivity contribution in [2.45, 2.75) is 33.8 Å². The number of carbonyl (C=O) groups is 2. The Morgan fingerprint density at radius 2 is 1.78 bits per heavy atom. The molecule has 1 unspecified atom stereocenters. The average molecular weight is 311 g/mol. The standard InChI is InChI=1S/C19H21NO3/c1-12-9-10-13(2)18(11-12)23-15(4)19(22)20-17-8-6-5-7-16(17)14(3)21/h5-11,15H,1-4H3,(H,20,22). The number of amides is 1. The Balaban J connectivity index is 2.12. The normalized spacial score (nSPS) is 11.7. The fourth-order valence-corrected chi connectivity index (χ4v) is 2.21. The number of nitrogens with one attached hydrogen (secondary N) is 1. The van der Waals surface area contributed by atoms with Crippen molar-refractivity contribution in [1.29, 1.82) is 0 Å². The Morgan fingerprint density at radius 3 is 2.48 bits per heavy atom. The van der Waals surface area contributed by atoms with Gasteiger partial charge in [0.25, 0.3) is 5.91 Å². The first-order chi connectivity index (χ1) is 10.9. The molecule has 0 bridgehead atoms. The van der Waals surface area contributed by atoms with E-state index in [1.54, 1.807) is 31.2 Å². The summed E-state index contributed by atoms with van der Waals surface area (Å²) < 4.78 is 5.76. The van der Waals surface area contributed by atoms with E-state index in [4.69, 9.17) is 4.74 Å². The third-order valence-electron chi connectivity index (χ3n) is 3.58. The molecule has 0 heterocycles. The molecule has 2 aromatic carbocycles. The predicted octanol–water partition coefficient (Wildman–Crippen LogP) is 3.91. The predicted molar refractivity (Wildman–Crippen MR) is 91.1 cm³/mol. The number of anilines is 1. The van der Waals surface area contributed by atoms with Crippen LogP contribution in [0.3, 0.4) is 0 Å². The Labute approximate surface area is 136 Å². The van der Waals surface area contributed by atoms with E-state index in [1.807, 2.05) is 32.0 Å². The summed E-state index contributed by atoms with van der Waals surface area (Å²) in [5, 5.41) is 2.76. The summed E-state index contributed by atoms with van der Waals surface area (Å²) in [4.78, 5) is 23.9. The topological polar surface area (TPSA) is 55.4 Å². The number of para-hydroxylation sites is 1. The molecule has 1 atom stereocenters. The molecule has 0 aromatic heterocycles. The first-order valence-corrected chi connectivity index (χ1v) is 7.53. The Bertz CT molecular complexity index is 737. The summed E-state index contributed by atoms with van der Waals surface area (Å²) in [6.07, 6.45) is -0.671. The molecule has 0 saturated carbocycles. The van der Waals surface area contributed by atoms with Crippen molar-refractivity contribution in [1.82, 2.24) is 0 Å². The van der Waals surface area contributed by atoms with Gasteiger partial charge < -0.3 is 10.1 Å². The molecule has 0 spiro atoms. The van der Waals surface area contributed by atoms with Gasteiger partial charge in [0.15, 0.2) is 11.9 Å². The van der Waals surface area contributed by atoms with Gasteiger partial charge in [0.05, 0.1) is 5.69 Å². The third kappa shape index (κ3) is 4.19. The Hall–Kier alpha value is -2.62. The molecular formula is C19H21NO3. The van der Waals surface area contributed by atoms with Gasteiger partial charge in [0.1, 0.15) is 5.75 Å². The van der Waals surface area contributed by atoms with Crippen molar-refractivity contribution in [3.63, 3.8) is 0 Å². The monoisotopic (exact) mass is 311 g/mol. The molecule has 0 aliphatic heterocycles. The summed E-state index contributed by atoms with van der Waals surface area (Å²) in [6, 6.07) is 12.8. The first-order valence-electron chi connectivity index (χ1n) is 7.53. The molecule has 120 valence electrons. The van der Waals surface area contributed by atoms with E-state index < -0.39 is 6.10 Å². The van der Waals surface area contributed by atoms with Crippen LogP contribution in [-0.4, -0.2) is 17.8 Å². The van der Waals surface area contributed by atoms with Crippen LogP contribution in [-0.2, 0) is 4.79 Å². The molecule has 2 aromatic rings. The van der Waals surface area contributed by atoms with Gasteiger partial charge in [-0.05, 0) is 57.0 Å². The van der Waals surface area contributed by atoms with Crippen molar-refractivity contribution in [2.24, 2.45) is 0 Å². The molecule has 0 saturated heterocycles. The van der Waals surface area contributed by atoms with Crippen molar-refractivity contribution in [3.8, 4) is 5.75 Å². The number of rotatable bonds is 5. The minimum Gasteiger partial charge on any atom is -0.481 e. The van der Waals surface area contributed by atoms with E-state index in [1.165, 1.54) is 6.92 Å². The number of Topliss-reactive ketones (excluding diaryl/α,β-unsaturated/α-hetero) is 1. The highest BCUT2D eigenvalue weighted by atomic mass is 16.5. The molecule has 4 nitrogen and oxygen atoms in total. The largest absolute Gasteiger partial charge is 0.481 e. The zero-order valence-electron chi connectivity index (χ0n) is 13.8. The molecule has 1 amide bonds. The maximum absolute atomic E-state index is 12.3. The second kappa shape index (κ2) is 7.09. The number of benzene rings is 2. The zero-order chi connectivity index (χ0) is 17.0. The lowest BCUT2D eigenvalue weighted by atomic mass is 10.1. The van der Waals surface area contributed by atoms with Crippen LogP contribution in [0.15, 0.2) is 42.5 Å². The lowest BCUT2D eigenvalue weighted by molar-refractivity contribution is -0.122. The number of aryl methyl sites for hydroxylation is 2. The average Bonchev–Trinajstić information content (AvgIpc) is 2.51. The van der Waals surface area contributed by atoms with Crippen LogP contribution in [0.4, 0.5) is 5.69 Å². The summed E-state index contributed by atoms with van der Waals surface area (Å²) in [7, 11) is 0. The van der Waals surface area contributed by atoms with Crippen LogP contribution in [0.1, 0.15) is 35.3 Å². The van der Waals surface area contributed by atoms with Gasteiger partial charge in [-0.25, -0.2) is 0 Å². The fraction of sp³-hybridized carbons (Fsp3) is 0.263. The van der Waals surface area contributed by atoms with Crippen LogP contribution < -0.4 is 10.1 Å². The van der Waals surface area contributed by atoms with Gasteiger partial charge >= 0.3 is 0 Å². The van der Waals surface area contributed by atoms with Crippen LogP contribution in [0.5, 0.6) is 5.75 Å². The number of carbonyl (C=O) groups excluding carboxylic acids is 2. The SMILES string of the molecule is CC(=O)c1ccccc1NC(=O)C(C)Oc1cc(C)ccc1C. The van der Waals surface area contributed by atoms with Gasteiger partial charge in [-0.1, -0.05) is 24.3 Å². The second-order valence-corrected chi connectivity index (χ2v) is 5.62. The molecular weight excluding hydrogens is 290 g/mol. The lowest BCUT2D eigenvalue weighted by Crippen LogP contribution is -2.30. The number of hydrogen-bond donors (Lipinski definition) is 1. The van der Waals surface area contributed by atoms with Crippen molar-refractivity contribution >= 4 is 17.4 Å². The summed E-state index contributed by atoms with van der Waals surface area (Å²) in [6.45, 7) is 7.07. The Morgan fingerprint density at radius 1 is 1.09 bits per heavy atom. The van der Waals surface area contributed by atoms with Crippen LogP contribution in [0, 0.1) is 13.8 Å². The summed E-state index contributed by atoms with van der Waals surface area (Å²) in [5.74, 6) is 0.302. The minimum atomic E-state index is -0.671. The molecule has 0 fully saturated rings. The van der Waals surface area contributed by atoms with E-state index in [9.17, 15) is 9.59 Å². The zero-order valence-corrected chi connectivity index (χ0v) is 13.8.